The van der Waals surface area contributed by atoms with Gasteiger partial charge in [-0.3, -0.25) is 4.79 Å². The standard InChI is InChI=1S/C15H19IO5/c1-6-11-8-12(16)14(20-9(3)17)15(18-5)13(11)21-10(4)19-7-2/h6,8,10H,1,7H2,2-5H3. The largest absolute Gasteiger partial charge is 0.490 e. The lowest BCUT2D eigenvalue weighted by molar-refractivity contribution is -0.132. The van der Waals surface area contributed by atoms with E-state index < -0.39 is 12.3 Å². The molecule has 0 amide bonds. The summed E-state index contributed by atoms with van der Waals surface area (Å²) in [5.41, 5.74) is 0.735. The quantitative estimate of drug-likeness (QED) is 0.300. The van der Waals surface area contributed by atoms with Crippen molar-refractivity contribution in [1.29, 1.82) is 0 Å². The van der Waals surface area contributed by atoms with Crippen molar-refractivity contribution in [2.75, 3.05) is 13.7 Å². The highest BCUT2D eigenvalue weighted by Gasteiger charge is 2.22. The second-order valence-electron chi connectivity index (χ2n) is 4.08. The van der Waals surface area contributed by atoms with Gasteiger partial charge in [0.15, 0.2) is 17.8 Å². The maximum absolute atomic E-state index is 11.3. The van der Waals surface area contributed by atoms with Crippen LogP contribution in [0.15, 0.2) is 12.6 Å². The Hall–Kier alpha value is -1.28. The lowest BCUT2D eigenvalue weighted by Crippen LogP contribution is -2.17. The summed E-state index contributed by atoms with van der Waals surface area (Å²) >= 11 is 2.07. The highest BCUT2D eigenvalue weighted by atomic mass is 127. The van der Waals surface area contributed by atoms with Gasteiger partial charge in [-0.05, 0) is 42.5 Å². The van der Waals surface area contributed by atoms with Crippen molar-refractivity contribution in [1.82, 2.24) is 0 Å². The fourth-order valence-electron chi connectivity index (χ4n) is 1.74. The molecule has 1 aromatic rings. The number of hydrogen-bond acceptors (Lipinski definition) is 5. The van der Waals surface area contributed by atoms with Gasteiger partial charge in [0.1, 0.15) is 0 Å². The van der Waals surface area contributed by atoms with Crippen molar-refractivity contribution in [2.45, 2.75) is 27.1 Å². The SMILES string of the molecule is C=Cc1cc(I)c(OC(C)=O)c(OC)c1OC(C)OCC. The summed E-state index contributed by atoms with van der Waals surface area (Å²) in [4.78, 5) is 11.3. The molecule has 1 rings (SSSR count). The van der Waals surface area contributed by atoms with Gasteiger partial charge < -0.3 is 18.9 Å². The Morgan fingerprint density at radius 1 is 1.43 bits per heavy atom. The first-order chi connectivity index (χ1) is 9.94. The second kappa shape index (κ2) is 8.23. The molecule has 5 nitrogen and oxygen atoms in total. The molecule has 0 saturated heterocycles. The van der Waals surface area contributed by atoms with E-state index in [-0.39, 0.29) is 0 Å². The Morgan fingerprint density at radius 3 is 2.57 bits per heavy atom. The summed E-state index contributed by atoms with van der Waals surface area (Å²) < 4.78 is 22.5. The molecule has 6 heteroatoms. The average molecular weight is 406 g/mol. The number of carbonyl (C=O) groups excluding carboxylic acids is 1. The van der Waals surface area contributed by atoms with Crippen molar-refractivity contribution in [3.8, 4) is 17.2 Å². The lowest BCUT2D eigenvalue weighted by atomic mass is 10.1. The maximum atomic E-state index is 11.3. The second-order valence-corrected chi connectivity index (χ2v) is 5.24. The molecule has 0 aliphatic carbocycles. The topological polar surface area (TPSA) is 54.0 Å². The van der Waals surface area contributed by atoms with Crippen LogP contribution in [0.3, 0.4) is 0 Å². The van der Waals surface area contributed by atoms with Crippen LogP contribution < -0.4 is 14.2 Å². The molecule has 1 atom stereocenters. The van der Waals surface area contributed by atoms with E-state index in [1.54, 1.807) is 13.0 Å². The Morgan fingerprint density at radius 2 is 2.10 bits per heavy atom. The summed E-state index contributed by atoms with van der Waals surface area (Å²) in [6, 6.07) is 1.81. The van der Waals surface area contributed by atoms with E-state index in [4.69, 9.17) is 18.9 Å². The predicted octanol–water partition coefficient (Wildman–Crippen LogP) is 3.63. The zero-order valence-electron chi connectivity index (χ0n) is 12.6. The van der Waals surface area contributed by atoms with Crippen LogP contribution in [0, 0.1) is 3.57 Å². The van der Waals surface area contributed by atoms with Crippen LogP contribution in [-0.4, -0.2) is 26.0 Å². The minimum atomic E-state index is -0.465. The number of ether oxygens (including phenoxy) is 4. The van der Waals surface area contributed by atoms with Crippen LogP contribution in [0.25, 0.3) is 6.08 Å². The van der Waals surface area contributed by atoms with Gasteiger partial charge in [-0.15, -0.1) is 0 Å². The molecule has 0 aliphatic heterocycles. The molecule has 0 radical (unpaired) electrons. The third-order valence-electron chi connectivity index (χ3n) is 2.53. The Bertz CT molecular complexity index is 527. The first-order valence-corrected chi connectivity index (χ1v) is 7.52. The fraction of sp³-hybridized carbons (Fsp3) is 0.400. The Labute approximate surface area is 138 Å². The van der Waals surface area contributed by atoms with Crippen LogP contribution in [0.4, 0.5) is 0 Å². The minimum absolute atomic E-state index is 0.329. The number of halogens is 1. The summed E-state index contributed by atoms with van der Waals surface area (Å²) in [5.74, 6) is 0.681. The molecular formula is C15H19IO5. The smallest absolute Gasteiger partial charge is 0.308 e. The monoisotopic (exact) mass is 406 g/mol. The molecule has 116 valence electrons. The lowest BCUT2D eigenvalue weighted by Gasteiger charge is -2.21. The van der Waals surface area contributed by atoms with E-state index >= 15 is 0 Å². The van der Waals surface area contributed by atoms with Crippen LogP contribution in [0.5, 0.6) is 17.2 Å². The highest BCUT2D eigenvalue weighted by Crippen LogP contribution is 2.44. The summed E-state index contributed by atoms with van der Waals surface area (Å²) in [7, 11) is 1.49. The third-order valence-corrected chi connectivity index (χ3v) is 3.33. The first kappa shape index (κ1) is 17.8. The van der Waals surface area contributed by atoms with Crippen molar-refractivity contribution >= 4 is 34.6 Å². The molecule has 0 aliphatic rings. The Balaban J connectivity index is 3.36. The molecule has 0 spiro atoms. The van der Waals surface area contributed by atoms with Crippen LogP contribution in [-0.2, 0) is 9.53 Å². The summed E-state index contributed by atoms with van der Waals surface area (Å²) in [6.07, 6.45) is 1.18. The van der Waals surface area contributed by atoms with Gasteiger partial charge in [0.2, 0.25) is 5.75 Å². The van der Waals surface area contributed by atoms with E-state index in [1.807, 2.05) is 13.0 Å². The fourth-order valence-corrected chi connectivity index (χ4v) is 2.43. The molecule has 0 heterocycles. The minimum Gasteiger partial charge on any atom is -0.490 e. The van der Waals surface area contributed by atoms with Crippen LogP contribution in [0.1, 0.15) is 26.3 Å². The van der Waals surface area contributed by atoms with Crippen molar-refractivity contribution in [3.63, 3.8) is 0 Å². The molecular weight excluding hydrogens is 387 g/mol. The normalized spacial score (nSPS) is 11.7. The van der Waals surface area contributed by atoms with Gasteiger partial charge in [0.25, 0.3) is 0 Å². The number of hydrogen-bond donors (Lipinski definition) is 0. The van der Waals surface area contributed by atoms with Crippen molar-refractivity contribution in [2.24, 2.45) is 0 Å². The third kappa shape index (κ3) is 4.60. The number of rotatable bonds is 7. The molecule has 0 bridgehead atoms. The van der Waals surface area contributed by atoms with Crippen LogP contribution in [0.2, 0.25) is 0 Å². The van der Waals surface area contributed by atoms with E-state index in [0.717, 1.165) is 9.13 Å². The number of methoxy groups -OCH3 is 1. The van der Waals surface area contributed by atoms with Gasteiger partial charge in [-0.2, -0.15) is 0 Å². The van der Waals surface area contributed by atoms with Gasteiger partial charge in [-0.25, -0.2) is 0 Å². The summed E-state index contributed by atoms with van der Waals surface area (Å²) in [5, 5.41) is 0. The van der Waals surface area contributed by atoms with Gasteiger partial charge >= 0.3 is 5.97 Å². The molecule has 21 heavy (non-hydrogen) atoms. The van der Waals surface area contributed by atoms with E-state index in [0.29, 0.717) is 23.9 Å². The predicted molar refractivity (Wildman–Crippen MR) is 88.8 cm³/mol. The molecule has 0 fully saturated rings. The van der Waals surface area contributed by atoms with E-state index in [1.165, 1.54) is 14.0 Å². The van der Waals surface area contributed by atoms with Crippen LogP contribution >= 0.6 is 22.6 Å². The number of esters is 1. The molecule has 1 aromatic carbocycles. The Kier molecular flexibility index (Phi) is 6.97. The highest BCUT2D eigenvalue weighted by molar-refractivity contribution is 14.1. The van der Waals surface area contributed by atoms with Gasteiger partial charge in [-0.1, -0.05) is 12.7 Å². The zero-order chi connectivity index (χ0) is 16.0. The van der Waals surface area contributed by atoms with E-state index in [9.17, 15) is 4.79 Å². The van der Waals surface area contributed by atoms with Gasteiger partial charge in [0, 0.05) is 19.1 Å². The van der Waals surface area contributed by atoms with Crippen molar-refractivity contribution in [3.05, 3.63) is 21.8 Å². The number of carbonyl (C=O) groups is 1. The maximum Gasteiger partial charge on any atom is 0.308 e. The molecule has 0 aromatic heterocycles. The van der Waals surface area contributed by atoms with Gasteiger partial charge in [0.05, 0.1) is 10.7 Å². The number of benzene rings is 1. The molecule has 1 unspecified atom stereocenters. The average Bonchev–Trinajstić information content (AvgIpc) is 2.42. The first-order valence-electron chi connectivity index (χ1n) is 6.44. The molecule has 0 saturated carbocycles. The summed E-state index contributed by atoms with van der Waals surface area (Å²) in [6.45, 7) is 9.28. The van der Waals surface area contributed by atoms with Crippen molar-refractivity contribution < 1.29 is 23.7 Å². The van der Waals surface area contributed by atoms with E-state index in [2.05, 4.69) is 29.2 Å². The zero-order valence-corrected chi connectivity index (χ0v) is 14.7. The molecule has 0 N–H and O–H groups in total.